The molecular formula is C5H5N5. The third-order valence-corrected chi connectivity index (χ3v) is 1.35. The summed E-state index contributed by atoms with van der Waals surface area (Å²) in [7, 11) is 0. The molecule has 0 unspecified atom stereocenters. The van der Waals surface area contributed by atoms with Crippen LogP contribution in [0.1, 0.15) is 5.56 Å². The first kappa shape index (κ1) is 5.28. The standard InChI is InChI=1S/C5H5N5/c6-4-3-1-9-10-5(3)8-2-7-4/h2H,1H2,(H2,6,7,8). The van der Waals surface area contributed by atoms with E-state index in [0.717, 1.165) is 5.56 Å². The van der Waals surface area contributed by atoms with Gasteiger partial charge in [-0.3, -0.25) is 0 Å². The average Bonchev–Trinajstić information content (AvgIpc) is 2.36. The third-order valence-electron chi connectivity index (χ3n) is 1.35. The van der Waals surface area contributed by atoms with Crippen molar-refractivity contribution >= 4 is 11.6 Å². The Labute approximate surface area is 57.0 Å². The molecule has 0 aliphatic carbocycles. The highest BCUT2D eigenvalue weighted by molar-refractivity contribution is 5.52. The maximum Gasteiger partial charge on any atom is 0.184 e. The van der Waals surface area contributed by atoms with Gasteiger partial charge in [0.15, 0.2) is 5.82 Å². The predicted molar refractivity (Wildman–Crippen MR) is 34.7 cm³/mol. The first-order chi connectivity index (χ1) is 4.88. The highest BCUT2D eigenvalue weighted by Gasteiger charge is 2.11. The molecule has 0 saturated heterocycles. The summed E-state index contributed by atoms with van der Waals surface area (Å²) in [5.74, 6) is 1.09. The Kier molecular flexibility index (Phi) is 0.913. The Morgan fingerprint density at radius 1 is 1.40 bits per heavy atom. The lowest BCUT2D eigenvalue weighted by atomic mass is 10.3. The summed E-state index contributed by atoms with van der Waals surface area (Å²) >= 11 is 0. The highest BCUT2D eigenvalue weighted by Crippen LogP contribution is 2.26. The zero-order valence-corrected chi connectivity index (χ0v) is 5.15. The van der Waals surface area contributed by atoms with Crippen molar-refractivity contribution in [2.45, 2.75) is 6.54 Å². The van der Waals surface area contributed by atoms with Crippen molar-refractivity contribution in [3.8, 4) is 0 Å². The van der Waals surface area contributed by atoms with Crippen molar-refractivity contribution in [2.24, 2.45) is 10.2 Å². The van der Waals surface area contributed by atoms with Gasteiger partial charge in [-0.05, 0) is 0 Å². The number of fused-ring (bicyclic) bond motifs is 1. The largest absolute Gasteiger partial charge is 0.383 e. The second kappa shape index (κ2) is 1.73. The van der Waals surface area contributed by atoms with Crippen LogP contribution in [0.5, 0.6) is 0 Å². The number of azo groups is 1. The van der Waals surface area contributed by atoms with E-state index < -0.39 is 0 Å². The van der Waals surface area contributed by atoms with Crippen molar-refractivity contribution in [3.05, 3.63) is 11.9 Å². The molecule has 0 amide bonds. The van der Waals surface area contributed by atoms with Crippen LogP contribution in [-0.4, -0.2) is 9.97 Å². The van der Waals surface area contributed by atoms with Gasteiger partial charge < -0.3 is 5.73 Å². The lowest BCUT2D eigenvalue weighted by Gasteiger charge is -1.95. The van der Waals surface area contributed by atoms with E-state index in [1.54, 1.807) is 0 Å². The van der Waals surface area contributed by atoms with Crippen molar-refractivity contribution < 1.29 is 0 Å². The van der Waals surface area contributed by atoms with Gasteiger partial charge in [0.2, 0.25) is 0 Å². The summed E-state index contributed by atoms with van der Waals surface area (Å²) in [6, 6.07) is 0. The number of nitrogen functional groups attached to an aromatic ring is 1. The third kappa shape index (κ3) is 0.570. The maximum absolute atomic E-state index is 5.50. The van der Waals surface area contributed by atoms with Gasteiger partial charge in [0.1, 0.15) is 12.1 Å². The number of nitrogens with zero attached hydrogens (tertiary/aromatic N) is 4. The lowest BCUT2D eigenvalue weighted by molar-refractivity contribution is 1.04. The van der Waals surface area contributed by atoms with Crippen molar-refractivity contribution in [3.63, 3.8) is 0 Å². The summed E-state index contributed by atoms with van der Waals surface area (Å²) < 4.78 is 0. The number of hydrogen-bond donors (Lipinski definition) is 1. The van der Waals surface area contributed by atoms with Gasteiger partial charge in [-0.25, -0.2) is 9.97 Å². The Balaban J connectivity index is 2.66. The molecule has 2 rings (SSSR count). The molecule has 5 nitrogen and oxygen atoms in total. The monoisotopic (exact) mass is 135 g/mol. The van der Waals surface area contributed by atoms with E-state index in [4.69, 9.17) is 5.73 Å². The van der Waals surface area contributed by atoms with Gasteiger partial charge in [0.05, 0.1) is 12.1 Å². The van der Waals surface area contributed by atoms with E-state index in [9.17, 15) is 0 Å². The zero-order valence-electron chi connectivity index (χ0n) is 5.15. The fourth-order valence-electron chi connectivity index (χ4n) is 0.827. The second-order valence-electron chi connectivity index (χ2n) is 1.96. The second-order valence-corrected chi connectivity index (χ2v) is 1.96. The lowest BCUT2D eigenvalue weighted by Crippen LogP contribution is -1.95. The molecule has 10 heavy (non-hydrogen) atoms. The Bertz CT molecular complexity index is 292. The summed E-state index contributed by atoms with van der Waals surface area (Å²) in [6.07, 6.45) is 1.39. The summed E-state index contributed by atoms with van der Waals surface area (Å²) in [5, 5.41) is 7.51. The number of nitrogens with two attached hydrogens (primary N) is 1. The molecule has 0 aromatic carbocycles. The number of anilines is 1. The number of hydrogen-bond acceptors (Lipinski definition) is 5. The van der Waals surface area contributed by atoms with Crippen molar-refractivity contribution in [1.29, 1.82) is 0 Å². The van der Waals surface area contributed by atoms with Crippen molar-refractivity contribution in [2.75, 3.05) is 5.73 Å². The van der Waals surface area contributed by atoms with Crippen LogP contribution in [0.4, 0.5) is 11.6 Å². The minimum Gasteiger partial charge on any atom is -0.383 e. The van der Waals surface area contributed by atoms with Gasteiger partial charge >= 0.3 is 0 Å². The van der Waals surface area contributed by atoms with E-state index >= 15 is 0 Å². The van der Waals surface area contributed by atoms with Crippen LogP contribution >= 0.6 is 0 Å². The Morgan fingerprint density at radius 2 is 2.30 bits per heavy atom. The Morgan fingerprint density at radius 3 is 3.10 bits per heavy atom. The van der Waals surface area contributed by atoms with Gasteiger partial charge in [-0.1, -0.05) is 0 Å². The van der Waals surface area contributed by atoms with E-state index in [-0.39, 0.29) is 0 Å². The topological polar surface area (TPSA) is 76.5 Å². The summed E-state index contributed by atoms with van der Waals surface area (Å²) in [5.41, 5.74) is 6.34. The average molecular weight is 135 g/mol. The molecule has 0 bridgehead atoms. The molecule has 1 aliphatic heterocycles. The van der Waals surface area contributed by atoms with Gasteiger partial charge in [0, 0.05) is 0 Å². The van der Waals surface area contributed by atoms with Crippen LogP contribution in [0, 0.1) is 0 Å². The molecule has 5 heteroatoms. The predicted octanol–water partition coefficient (Wildman–Crippen LogP) is 0.656. The van der Waals surface area contributed by atoms with Crippen LogP contribution in [0.3, 0.4) is 0 Å². The SMILES string of the molecule is Nc1ncnc2c1CN=N2. The molecule has 1 aliphatic rings. The fraction of sp³-hybridized carbons (Fsp3) is 0.200. The number of rotatable bonds is 0. The molecule has 0 saturated carbocycles. The number of aromatic nitrogens is 2. The minimum atomic E-state index is 0.481. The smallest absolute Gasteiger partial charge is 0.184 e. The van der Waals surface area contributed by atoms with E-state index in [1.807, 2.05) is 0 Å². The maximum atomic E-state index is 5.50. The fourth-order valence-corrected chi connectivity index (χ4v) is 0.827. The molecular weight excluding hydrogens is 130 g/mol. The Hall–Kier alpha value is -1.52. The van der Waals surface area contributed by atoms with Crippen LogP contribution in [0.25, 0.3) is 0 Å². The van der Waals surface area contributed by atoms with Gasteiger partial charge in [-0.15, -0.1) is 5.11 Å². The molecule has 2 N–H and O–H groups in total. The normalized spacial score (nSPS) is 13.6. The molecule has 1 aromatic heterocycles. The van der Waals surface area contributed by atoms with E-state index in [0.29, 0.717) is 18.2 Å². The highest BCUT2D eigenvalue weighted by atomic mass is 15.2. The first-order valence-corrected chi connectivity index (χ1v) is 2.85. The molecule has 2 heterocycles. The zero-order chi connectivity index (χ0) is 6.97. The van der Waals surface area contributed by atoms with Crippen LogP contribution < -0.4 is 5.73 Å². The molecule has 0 fully saturated rings. The molecule has 0 spiro atoms. The summed E-state index contributed by atoms with van der Waals surface area (Å²) in [4.78, 5) is 7.67. The summed E-state index contributed by atoms with van der Waals surface area (Å²) in [6.45, 7) is 0.516. The van der Waals surface area contributed by atoms with Gasteiger partial charge in [-0.2, -0.15) is 5.11 Å². The minimum absolute atomic E-state index is 0.481. The molecule has 1 aromatic rings. The van der Waals surface area contributed by atoms with Crippen LogP contribution in [0.15, 0.2) is 16.6 Å². The molecule has 50 valence electrons. The van der Waals surface area contributed by atoms with Crippen LogP contribution in [0.2, 0.25) is 0 Å². The molecule has 0 radical (unpaired) electrons. The van der Waals surface area contributed by atoms with Crippen molar-refractivity contribution in [1.82, 2.24) is 9.97 Å². The van der Waals surface area contributed by atoms with Crippen LogP contribution in [-0.2, 0) is 6.54 Å². The quantitative estimate of drug-likeness (QED) is 0.567. The van der Waals surface area contributed by atoms with Gasteiger partial charge in [0.25, 0.3) is 0 Å². The van der Waals surface area contributed by atoms with E-state index in [2.05, 4.69) is 20.2 Å². The first-order valence-electron chi connectivity index (χ1n) is 2.85. The molecule has 0 atom stereocenters. The van der Waals surface area contributed by atoms with E-state index in [1.165, 1.54) is 6.33 Å².